The van der Waals surface area contributed by atoms with Gasteiger partial charge < -0.3 is 19.5 Å². The molecule has 5 rings (SSSR count). The predicted molar refractivity (Wildman–Crippen MR) is 126 cm³/mol. The van der Waals surface area contributed by atoms with Gasteiger partial charge in [-0.05, 0) is 55.7 Å². The first-order chi connectivity index (χ1) is 15.3. The van der Waals surface area contributed by atoms with Crippen molar-refractivity contribution < 1.29 is 4.74 Å². The van der Waals surface area contributed by atoms with Gasteiger partial charge in [-0.2, -0.15) is 0 Å². The third-order valence-electron chi connectivity index (χ3n) is 7.01. The Morgan fingerprint density at radius 1 is 1.06 bits per heavy atom. The Kier molecular flexibility index (Phi) is 6.53. The van der Waals surface area contributed by atoms with Gasteiger partial charge in [-0.15, -0.1) is 0 Å². The molecule has 2 aliphatic heterocycles. The number of ether oxygens (including phenoxy) is 1. The second-order valence-electron chi connectivity index (χ2n) is 8.91. The third-order valence-corrected chi connectivity index (χ3v) is 7.36. The molecule has 3 aliphatic rings. The summed E-state index contributed by atoms with van der Waals surface area (Å²) in [5.41, 5.74) is 2.42. The van der Waals surface area contributed by atoms with Crippen LogP contribution in [0.1, 0.15) is 61.6 Å². The number of hydrogen-bond donors (Lipinski definition) is 1. The fourth-order valence-electron chi connectivity index (χ4n) is 5.43. The number of pyridine rings is 1. The van der Waals surface area contributed by atoms with E-state index in [0.29, 0.717) is 6.04 Å². The van der Waals surface area contributed by atoms with Crippen molar-refractivity contribution in [3.05, 3.63) is 54.1 Å². The minimum atomic E-state index is 0.0761. The average Bonchev–Trinajstić information content (AvgIpc) is 3.55. The molecule has 0 radical (unpaired) electrons. The summed E-state index contributed by atoms with van der Waals surface area (Å²) in [4.78, 5) is 9.61. The molecule has 1 aliphatic carbocycles. The SMILES string of the molecule is S=C1N[C@@H](c2ccccn2)[C@H](c2cccn2C2CCCC2)N1CCCN1CCOCC1. The molecule has 4 heterocycles. The largest absolute Gasteiger partial charge is 0.379 e. The zero-order valence-corrected chi connectivity index (χ0v) is 19.0. The van der Waals surface area contributed by atoms with Gasteiger partial charge in [-0.3, -0.25) is 9.88 Å². The summed E-state index contributed by atoms with van der Waals surface area (Å²) in [7, 11) is 0. The lowest BCUT2D eigenvalue weighted by Gasteiger charge is -2.31. The first-order valence-electron chi connectivity index (χ1n) is 11.8. The summed E-state index contributed by atoms with van der Waals surface area (Å²) in [6, 6.07) is 11.5. The fourth-order valence-corrected chi connectivity index (χ4v) is 5.76. The average molecular weight is 440 g/mol. The zero-order chi connectivity index (χ0) is 21.0. The van der Waals surface area contributed by atoms with Gasteiger partial charge in [0.25, 0.3) is 0 Å². The van der Waals surface area contributed by atoms with Gasteiger partial charge in [-0.25, -0.2) is 0 Å². The topological polar surface area (TPSA) is 45.6 Å². The Labute approximate surface area is 190 Å². The van der Waals surface area contributed by atoms with E-state index in [-0.39, 0.29) is 12.1 Å². The van der Waals surface area contributed by atoms with Crippen LogP contribution in [-0.2, 0) is 4.74 Å². The second-order valence-corrected chi connectivity index (χ2v) is 9.29. The van der Waals surface area contributed by atoms with Crippen molar-refractivity contribution >= 4 is 17.3 Å². The highest BCUT2D eigenvalue weighted by atomic mass is 32.1. The Hall–Kier alpha value is -1.96. The van der Waals surface area contributed by atoms with Gasteiger partial charge in [0.15, 0.2) is 5.11 Å². The number of rotatable bonds is 7. The minimum Gasteiger partial charge on any atom is -0.379 e. The molecular weight excluding hydrogens is 406 g/mol. The Bertz CT molecular complexity index is 860. The van der Waals surface area contributed by atoms with E-state index < -0.39 is 0 Å². The van der Waals surface area contributed by atoms with Gasteiger partial charge in [0.2, 0.25) is 0 Å². The van der Waals surface area contributed by atoms with Crippen LogP contribution in [0.4, 0.5) is 0 Å². The molecule has 0 amide bonds. The number of thiocarbonyl (C=S) groups is 1. The maximum absolute atomic E-state index is 5.86. The Morgan fingerprint density at radius 2 is 1.90 bits per heavy atom. The van der Waals surface area contributed by atoms with Crippen molar-refractivity contribution in [2.24, 2.45) is 0 Å². The molecule has 0 bridgehead atoms. The van der Waals surface area contributed by atoms with Crippen molar-refractivity contribution in [2.45, 2.75) is 50.2 Å². The molecule has 0 aromatic carbocycles. The maximum Gasteiger partial charge on any atom is 0.170 e. The van der Waals surface area contributed by atoms with Crippen LogP contribution in [0.3, 0.4) is 0 Å². The van der Waals surface area contributed by atoms with E-state index in [4.69, 9.17) is 21.9 Å². The zero-order valence-electron chi connectivity index (χ0n) is 18.2. The minimum absolute atomic E-state index is 0.0761. The van der Waals surface area contributed by atoms with Crippen molar-refractivity contribution in [2.75, 3.05) is 39.4 Å². The highest BCUT2D eigenvalue weighted by molar-refractivity contribution is 7.80. The third kappa shape index (κ3) is 4.49. The standard InChI is InChI=1S/C24H33N5OS/c31-24-26-22(20-9-3-4-11-25-20)23(21-10-5-13-28(21)19-7-1-2-8-19)29(24)14-6-12-27-15-17-30-18-16-27/h3-5,9-11,13,19,22-23H,1-2,6-8,12,14-18H2,(H,26,31)/t22-,23-/m0/s1. The summed E-state index contributed by atoms with van der Waals surface area (Å²) >= 11 is 5.86. The van der Waals surface area contributed by atoms with E-state index in [0.717, 1.165) is 56.6 Å². The molecule has 2 aromatic rings. The molecule has 166 valence electrons. The summed E-state index contributed by atoms with van der Waals surface area (Å²) in [5, 5.41) is 4.46. The molecule has 3 fully saturated rings. The smallest absolute Gasteiger partial charge is 0.170 e. The number of hydrogen-bond acceptors (Lipinski definition) is 4. The summed E-state index contributed by atoms with van der Waals surface area (Å²) < 4.78 is 8.02. The van der Waals surface area contributed by atoms with E-state index in [2.05, 4.69) is 50.1 Å². The lowest BCUT2D eigenvalue weighted by Crippen LogP contribution is -2.39. The number of morpholine rings is 1. The highest BCUT2D eigenvalue weighted by Crippen LogP contribution is 2.41. The molecule has 31 heavy (non-hydrogen) atoms. The molecule has 2 atom stereocenters. The van der Waals surface area contributed by atoms with Gasteiger partial charge in [0, 0.05) is 50.3 Å². The van der Waals surface area contributed by atoms with Crippen molar-refractivity contribution in [3.63, 3.8) is 0 Å². The van der Waals surface area contributed by atoms with Crippen LogP contribution in [0.5, 0.6) is 0 Å². The van der Waals surface area contributed by atoms with Crippen LogP contribution in [0.25, 0.3) is 0 Å². The van der Waals surface area contributed by atoms with Crippen molar-refractivity contribution in [1.29, 1.82) is 0 Å². The molecule has 7 heteroatoms. The second kappa shape index (κ2) is 9.67. The molecular formula is C24H33N5OS. The van der Waals surface area contributed by atoms with Gasteiger partial charge in [-0.1, -0.05) is 18.9 Å². The number of aromatic nitrogens is 2. The van der Waals surface area contributed by atoms with Crippen molar-refractivity contribution in [3.8, 4) is 0 Å². The quantitative estimate of drug-likeness (QED) is 0.664. The molecule has 2 aromatic heterocycles. The highest BCUT2D eigenvalue weighted by Gasteiger charge is 2.41. The van der Waals surface area contributed by atoms with Gasteiger partial charge in [0.1, 0.15) is 0 Å². The lowest BCUT2D eigenvalue weighted by molar-refractivity contribution is 0.0365. The lowest BCUT2D eigenvalue weighted by atomic mass is 10.0. The predicted octanol–water partition coefficient (Wildman–Crippen LogP) is 3.69. The van der Waals surface area contributed by atoms with Gasteiger partial charge in [0.05, 0.1) is 31.0 Å². The molecule has 1 N–H and O–H groups in total. The molecule has 2 saturated heterocycles. The van der Waals surface area contributed by atoms with E-state index in [1.807, 2.05) is 12.3 Å². The molecule has 1 saturated carbocycles. The van der Waals surface area contributed by atoms with Crippen LogP contribution in [0, 0.1) is 0 Å². The molecule has 6 nitrogen and oxygen atoms in total. The van der Waals surface area contributed by atoms with Crippen LogP contribution < -0.4 is 5.32 Å². The Morgan fingerprint density at radius 3 is 2.68 bits per heavy atom. The first kappa shape index (κ1) is 20.9. The fraction of sp³-hybridized carbons (Fsp3) is 0.583. The number of nitrogens with zero attached hydrogens (tertiary/aromatic N) is 4. The first-order valence-corrected chi connectivity index (χ1v) is 12.2. The van der Waals surface area contributed by atoms with E-state index in [1.54, 1.807) is 0 Å². The maximum atomic E-state index is 5.86. The van der Waals surface area contributed by atoms with Crippen molar-refractivity contribution in [1.82, 2.24) is 24.7 Å². The number of nitrogens with one attached hydrogen (secondary N) is 1. The Balaban J connectivity index is 1.39. The van der Waals surface area contributed by atoms with E-state index >= 15 is 0 Å². The normalized spacial score (nSPS) is 25.3. The van der Waals surface area contributed by atoms with Crippen LogP contribution in [0.2, 0.25) is 0 Å². The summed E-state index contributed by atoms with van der Waals surface area (Å²) in [6.45, 7) is 5.81. The summed E-state index contributed by atoms with van der Waals surface area (Å²) in [6.07, 6.45) is 10.5. The molecule has 0 spiro atoms. The monoisotopic (exact) mass is 439 g/mol. The molecule has 0 unspecified atom stereocenters. The van der Waals surface area contributed by atoms with Crippen LogP contribution in [0.15, 0.2) is 42.7 Å². The van der Waals surface area contributed by atoms with Gasteiger partial charge >= 0.3 is 0 Å². The van der Waals surface area contributed by atoms with E-state index in [9.17, 15) is 0 Å². The summed E-state index contributed by atoms with van der Waals surface area (Å²) in [5.74, 6) is 0. The van der Waals surface area contributed by atoms with Crippen LogP contribution >= 0.6 is 12.2 Å². The van der Waals surface area contributed by atoms with E-state index in [1.165, 1.54) is 31.4 Å². The van der Waals surface area contributed by atoms with Crippen LogP contribution in [-0.4, -0.2) is 63.9 Å².